The van der Waals surface area contributed by atoms with Crippen LogP contribution in [0.1, 0.15) is 39.3 Å². The maximum Gasteiger partial charge on any atom is 0.282 e. The van der Waals surface area contributed by atoms with Crippen molar-refractivity contribution in [2.24, 2.45) is 0 Å². The fourth-order valence-electron chi connectivity index (χ4n) is 3.00. The number of nitrogens with one attached hydrogen (secondary N) is 1. The van der Waals surface area contributed by atoms with E-state index in [0.717, 1.165) is 39.3 Å². The summed E-state index contributed by atoms with van der Waals surface area (Å²) in [5, 5.41) is 23.7. The highest BCUT2D eigenvalue weighted by molar-refractivity contribution is 7.98. The molecule has 0 saturated heterocycles. The van der Waals surface area contributed by atoms with Gasteiger partial charge in [-0.25, -0.2) is 4.39 Å². The summed E-state index contributed by atoms with van der Waals surface area (Å²) in [5.74, 6) is 0.886. The third kappa shape index (κ3) is 4.68. The number of aromatic nitrogens is 5. The Kier molecular flexibility index (Phi) is 5.79. The van der Waals surface area contributed by atoms with Gasteiger partial charge >= 0.3 is 0 Å². The van der Waals surface area contributed by atoms with E-state index in [0.29, 0.717) is 23.3 Å². The van der Waals surface area contributed by atoms with Crippen LogP contribution in [0.5, 0.6) is 0 Å². The van der Waals surface area contributed by atoms with Crippen LogP contribution >= 0.6 is 34.4 Å². The van der Waals surface area contributed by atoms with Gasteiger partial charge in [-0.2, -0.15) is 0 Å². The molecule has 1 fully saturated rings. The van der Waals surface area contributed by atoms with Crippen molar-refractivity contribution in [1.29, 1.82) is 0 Å². The second-order valence-electron chi connectivity index (χ2n) is 6.98. The molecule has 0 atom stereocenters. The predicted octanol–water partition coefficient (Wildman–Crippen LogP) is 4.55. The van der Waals surface area contributed by atoms with E-state index in [4.69, 9.17) is 0 Å². The largest absolute Gasteiger partial charge is 0.346 e. The first-order valence-electron chi connectivity index (χ1n) is 9.64. The second-order valence-corrected chi connectivity index (χ2v) is 9.94. The molecule has 1 aromatic carbocycles. The first kappa shape index (κ1) is 20.3. The van der Waals surface area contributed by atoms with Gasteiger partial charge in [0.2, 0.25) is 5.01 Å². The van der Waals surface area contributed by atoms with E-state index >= 15 is 0 Å². The van der Waals surface area contributed by atoms with E-state index in [2.05, 4.69) is 36.3 Å². The highest BCUT2D eigenvalue weighted by Crippen LogP contribution is 2.42. The van der Waals surface area contributed by atoms with Crippen molar-refractivity contribution >= 4 is 40.3 Å². The molecule has 3 heterocycles. The Bertz CT molecular complexity index is 1180. The van der Waals surface area contributed by atoms with Gasteiger partial charge in [0.25, 0.3) is 5.91 Å². The van der Waals surface area contributed by atoms with Crippen molar-refractivity contribution in [1.82, 2.24) is 30.3 Å². The van der Waals surface area contributed by atoms with Crippen molar-refractivity contribution in [2.75, 3.05) is 0 Å². The lowest BCUT2D eigenvalue weighted by Gasteiger charge is -2.06. The second kappa shape index (κ2) is 8.85. The van der Waals surface area contributed by atoms with Gasteiger partial charge in [-0.15, -0.1) is 31.7 Å². The molecule has 158 valence electrons. The van der Waals surface area contributed by atoms with Gasteiger partial charge in [0.05, 0.1) is 10.6 Å². The van der Waals surface area contributed by atoms with Crippen LogP contribution in [-0.4, -0.2) is 30.9 Å². The monoisotopic (exact) mass is 472 g/mol. The number of hydrogen-bond acceptors (Lipinski definition) is 8. The Labute approximate surface area is 189 Å². The first-order valence-corrected chi connectivity index (χ1v) is 12.3. The molecule has 0 bridgehead atoms. The normalized spacial score (nSPS) is 13.5. The minimum absolute atomic E-state index is 0.292. The van der Waals surface area contributed by atoms with Gasteiger partial charge in [0, 0.05) is 12.6 Å². The van der Waals surface area contributed by atoms with Crippen LogP contribution in [0.25, 0.3) is 10.7 Å². The van der Waals surface area contributed by atoms with Crippen molar-refractivity contribution < 1.29 is 9.18 Å². The molecule has 5 rings (SSSR count). The summed E-state index contributed by atoms with van der Waals surface area (Å²) in [6.45, 7) is 0.304. The Morgan fingerprint density at radius 2 is 2.00 bits per heavy atom. The SMILES string of the molecule is O=C(NCc1ccc(F)cc1)c1nnc(CSc2nnc(-c3cccs3)n2C2CC2)s1. The van der Waals surface area contributed by atoms with E-state index in [1.165, 1.54) is 23.5 Å². The van der Waals surface area contributed by atoms with Gasteiger partial charge in [0.1, 0.15) is 10.8 Å². The zero-order valence-electron chi connectivity index (χ0n) is 16.2. The number of hydrogen-bond donors (Lipinski definition) is 1. The Morgan fingerprint density at radius 3 is 2.74 bits per heavy atom. The number of halogens is 1. The van der Waals surface area contributed by atoms with Crippen LogP contribution in [0, 0.1) is 5.82 Å². The molecule has 7 nitrogen and oxygen atoms in total. The number of carbonyl (C=O) groups is 1. The minimum atomic E-state index is -0.304. The molecule has 1 N–H and O–H groups in total. The summed E-state index contributed by atoms with van der Waals surface area (Å²) in [6, 6.07) is 10.5. The third-order valence-electron chi connectivity index (χ3n) is 4.67. The lowest BCUT2D eigenvalue weighted by Crippen LogP contribution is -2.22. The first-order chi connectivity index (χ1) is 15.2. The highest BCUT2D eigenvalue weighted by atomic mass is 32.2. The maximum atomic E-state index is 13.0. The van der Waals surface area contributed by atoms with E-state index in [1.54, 1.807) is 35.2 Å². The molecule has 0 radical (unpaired) electrons. The summed E-state index contributed by atoms with van der Waals surface area (Å²) in [6.07, 6.45) is 2.28. The molecule has 1 aliphatic carbocycles. The lowest BCUT2D eigenvalue weighted by atomic mass is 10.2. The number of amides is 1. The molecule has 0 unspecified atom stereocenters. The fraction of sp³-hybridized carbons (Fsp3) is 0.250. The summed E-state index contributed by atoms with van der Waals surface area (Å²) < 4.78 is 15.2. The number of benzene rings is 1. The van der Waals surface area contributed by atoms with E-state index in [-0.39, 0.29) is 11.7 Å². The number of thiophene rings is 1. The predicted molar refractivity (Wildman–Crippen MR) is 119 cm³/mol. The van der Waals surface area contributed by atoms with Gasteiger partial charge in [-0.05, 0) is 42.0 Å². The van der Waals surface area contributed by atoms with Crippen LogP contribution in [0.2, 0.25) is 0 Å². The zero-order valence-corrected chi connectivity index (χ0v) is 18.6. The van der Waals surface area contributed by atoms with Gasteiger partial charge in [-0.1, -0.05) is 41.3 Å². The topological polar surface area (TPSA) is 85.6 Å². The Balaban J connectivity index is 1.21. The van der Waals surface area contributed by atoms with Crippen LogP contribution in [0.15, 0.2) is 46.9 Å². The molecule has 1 saturated carbocycles. The smallest absolute Gasteiger partial charge is 0.282 e. The molecule has 0 spiro atoms. The zero-order chi connectivity index (χ0) is 21.2. The van der Waals surface area contributed by atoms with Crippen LogP contribution in [-0.2, 0) is 12.3 Å². The Morgan fingerprint density at radius 1 is 1.16 bits per heavy atom. The molecule has 1 aliphatic rings. The summed E-state index contributed by atoms with van der Waals surface area (Å²) in [5.41, 5.74) is 0.816. The number of nitrogens with zero attached hydrogens (tertiary/aromatic N) is 5. The molecule has 0 aliphatic heterocycles. The molecule has 4 aromatic rings. The van der Waals surface area contributed by atoms with Gasteiger partial charge < -0.3 is 5.32 Å². The molecule has 31 heavy (non-hydrogen) atoms. The summed E-state index contributed by atoms with van der Waals surface area (Å²) in [4.78, 5) is 13.5. The molecule has 11 heteroatoms. The third-order valence-corrected chi connectivity index (χ3v) is 7.60. The minimum Gasteiger partial charge on any atom is -0.346 e. The van der Waals surface area contributed by atoms with Crippen molar-refractivity contribution in [3.8, 4) is 10.7 Å². The lowest BCUT2D eigenvalue weighted by molar-refractivity contribution is 0.0950. The number of rotatable bonds is 8. The van der Waals surface area contributed by atoms with E-state index < -0.39 is 0 Å². The quantitative estimate of drug-likeness (QED) is 0.379. The van der Waals surface area contributed by atoms with Crippen LogP contribution < -0.4 is 5.32 Å². The van der Waals surface area contributed by atoms with Gasteiger partial charge in [-0.3, -0.25) is 9.36 Å². The van der Waals surface area contributed by atoms with E-state index in [1.807, 2.05) is 11.4 Å². The van der Waals surface area contributed by atoms with E-state index in [9.17, 15) is 9.18 Å². The molecule has 3 aromatic heterocycles. The number of thioether (sulfide) groups is 1. The van der Waals surface area contributed by atoms with Crippen LogP contribution in [0.3, 0.4) is 0 Å². The maximum absolute atomic E-state index is 13.0. The number of carbonyl (C=O) groups excluding carboxylic acids is 1. The molecule has 1 amide bonds. The highest BCUT2D eigenvalue weighted by Gasteiger charge is 2.30. The molecular formula is C20H17FN6OS3. The summed E-state index contributed by atoms with van der Waals surface area (Å²) >= 11 is 4.48. The average Bonchev–Trinajstić information content (AvgIpc) is 3.18. The molecular weight excluding hydrogens is 455 g/mol. The van der Waals surface area contributed by atoms with Crippen LogP contribution in [0.4, 0.5) is 4.39 Å². The van der Waals surface area contributed by atoms with Crippen molar-refractivity contribution in [3.05, 3.63) is 63.2 Å². The average molecular weight is 473 g/mol. The summed E-state index contributed by atoms with van der Waals surface area (Å²) in [7, 11) is 0. The fourth-order valence-corrected chi connectivity index (χ4v) is 5.45. The Hall–Kier alpha value is -2.63. The van der Waals surface area contributed by atoms with Crippen molar-refractivity contribution in [2.45, 2.75) is 36.3 Å². The van der Waals surface area contributed by atoms with Gasteiger partial charge in [0.15, 0.2) is 11.0 Å². The van der Waals surface area contributed by atoms with Crippen molar-refractivity contribution in [3.63, 3.8) is 0 Å². The standard InChI is InChI=1S/C20H17FN6OS3/c21-13-5-3-12(4-6-13)10-22-18(28)19-25-23-16(31-19)11-30-20-26-24-17(15-2-1-9-29-15)27(20)14-7-8-14/h1-6,9,14H,7-8,10-11H2,(H,22,28).